The highest BCUT2D eigenvalue weighted by Crippen LogP contribution is 2.37. The molecule has 2 unspecified atom stereocenters. The summed E-state index contributed by atoms with van der Waals surface area (Å²) in [5.41, 5.74) is 8.54. The van der Waals surface area contributed by atoms with Gasteiger partial charge in [0.15, 0.2) is 5.65 Å². The molecule has 2 aromatic heterocycles. The van der Waals surface area contributed by atoms with Gasteiger partial charge in [0, 0.05) is 12.1 Å². The van der Waals surface area contributed by atoms with Gasteiger partial charge in [0.25, 0.3) is 0 Å². The fraction of sp³-hybridized carbons (Fsp3) is 0.458. The number of nitrogens with zero attached hydrogens (tertiary/aromatic N) is 4. The third kappa shape index (κ3) is 4.41. The predicted octanol–water partition coefficient (Wildman–Crippen LogP) is 4.79. The molecule has 1 amide bonds. The second-order valence-corrected chi connectivity index (χ2v) is 9.46. The number of hydrogen-bond acceptors (Lipinski definition) is 6. The molecular formula is C24H31N5O3. The molecule has 1 aliphatic carbocycles. The van der Waals surface area contributed by atoms with Gasteiger partial charge in [-0.15, -0.1) is 10.2 Å². The van der Waals surface area contributed by atoms with Crippen LogP contribution in [0.3, 0.4) is 0 Å². The van der Waals surface area contributed by atoms with Crippen LogP contribution in [0.2, 0.25) is 0 Å². The second-order valence-electron chi connectivity index (χ2n) is 9.46. The SMILES string of the molecule is CC(C)N(C(=O)OC(C)(C)C)c1nnc2ccc(OC3CCC(N)c4ccccc43)cn12. The maximum absolute atomic E-state index is 12.9. The fourth-order valence-electron chi connectivity index (χ4n) is 4.00. The molecule has 0 spiro atoms. The smallest absolute Gasteiger partial charge is 0.417 e. The van der Waals surface area contributed by atoms with E-state index < -0.39 is 11.7 Å². The summed E-state index contributed by atoms with van der Waals surface area (Å²) in [5.74, 6) is 1.06. The van der Waals surface area contributed by atoms with Crippen LogP contribution in [0, 0.1) is 0 Å². The number of fused-ring (bicyclic) bond motifs is 2. The maximum Gasteiger partial charge on any atom is 0.417 e. The second kappa shape index (κ2) is 8.43. The number of benzene rings is 1. The monoisotopic (exact) mass is 437 g/mol. The molecule has 1 aliphatic rings. The fourth-order valence-corrected chi connectivity index (χ4v) is 4.00. The quantitative estimate of drug-likeness (QED) is 0.630. The first-order chi connectivity index (χ1) is 15.1. The molecule has 0 fully saturated rings. The van der Waals surface area contributed by atoms with Gasteiger partial charge < -0.3 is 15.2 Å². The molecule has 0 saturated carbocycles. The summed E-state index contributed by atoms with van der Waals surface area (Å²) in [6, 6.07) is 11.7. The number of ether oxygens (including phenoxy) is 2. The van der Waals surface area contributed by atoms with Gasteiger partial charge in [-0.05, 0) is 70.7 Å². The van der Waals surface area contributed by atoms with Crippen molar-refractivity contribution in [1.29, 1.82) is 0 Å². The zero-order valence-corrected chi connectivity index (χ0v) is 19.3. The summed E-state index contributed by atoms with van der Waals surface area (Å²) >= 11 is 0. The van der Waals surface area contributed by atoms with Crippen LogP contribution >= 0.6 is 0 Å². The van der Waals surface area contributed by atoms with Crippen molar-refractivity contribution in [2.45, 2.75) is 71.2 Å². The largest absolute Gasteiger partial charge is 0.484 e. The summed E-state index contributed by atoms with van der Waals surface area (Å²) < 4.78 is 13.7. The van der Waals surface area contributed by atoms with Gasteiger partial charge in [0.1, 0.15) is 17.5 Å². The third-order valence-corrected chi connectivity index (χ3v) is 5.44. The van der Waals surface area contributed by atoms with E-state index in [1.165, 1.54) is 4.90 Å². The van der Waals surface area contributed by atoms with Crippen molar-refractivity contribution < 1.29 is 14.3 Å². The normalized spacial score (nSPS) is 18.5. The van der Waals surface area contributed by atoms with Crippen LogP contribution in [0.25, 0.3) is 5.65 Å². The number of anilines is 1. The molecule has 2 atom stereocenters. The summed E-state index contributed by atoms with van der Waals surface area (Å²) in [6.07, 6.45) is 2.96. The predicted molar refractivity (Wildman–Crippen MR) is 123 cm³/mol. The van der Waals surface area contributed by atoms with Crippen LogP contribution in [0.4, 0.5) is 10.7 Å². The first-order valence-corrected chi connectivity index (χ1v) is 11.0. The Morgan fingerprint density at radius 1 is 1.12 bits per heavy atom. The lowest BCUT2D eigenvalue weighted by Crippen LogP contribution is -2.42. The van der Waals surface area contributed by atoms with Crippen LogP contribution < -0.4 is 15.4 Å². The van der Waals surface area contributed by atoms with E-state index in [4.69, 9.17) is 15.2 Å². The summed E-state index contributed by atoms with van der Waals surface area (Å²) in [5, 5.41) is 8.49. The first kappa shape index (κ1) is 22.1. The number of amides is 1. The molecule has 0 saturated heterocycles. The van der Waals surface area contributed by atoms with Gasteiger partial charge >= 0.3 is 6.09 Å². The van der Waals surface area contributed by atoms with Crippen molar-refractivity contribution in [1.82, 2.24) is 14.6 Å². The summed E-state index contributed by atoms with van der Waals surface area (Å²) in [6.45, 7) is 9.34. The molecule has 170 valence electrons. The highest BCUT2D eigenvalue weighted by atomic mass is 16.6. The van der Waals surface area contributed by atoms with Gasteiger partial charge in [-0.1, -0.05) is 24.3 Å². The Bertz CT molecular complexity index is 1120. The van der Waals surface area contributed by atoms with Gasteiger partial charge in [0.05, 0.1) is 6.20 Å². The van der Waals surface area contributed by atoms with E-state index in [1.807, 2.05) is 65.1 Å². The third-order valence-electron chi connectivity index (χ3n) is 5.44. The Hall–Kier alpha value is -3.13. The van der Waals surface area contributed by atoms with E-state index in [0.29, 0.717) is 17.3 Å². The van der Waals surface area contributed by atoms with Crippen molar-refractivity contribution in [3.8, 4) is 5.75 Å². The van der Waals surface area contributed by atoms with E-state index in [2.05, 4.69) is 22.3 Å². The van der Waals surface area contributed by atoms with Crippen LogP contribution in [0.1, 0.15) is 70.7 Å². The maximum atomic E-state index is 12.9. The van der Waals surface area contributed by atoms with Crippen molar-refractivity contribution in [3.05, 3.63) is 53.7 Å². The number of hydrogen-bond donors (Lipinski definition) is 1. The Morgan fingerprint density at radius 3 is 2.53 bits per heavy atom. The molecule has 2 N–H and O–H groups in total. The molecule has 8 heteroatoms. The number of carbonyl (C=O) groups is 1. The van der Waals surface area contributed by atoms with Gasteiger partial charge in [-0.25, -0.2) is 9.69 Å². The average molecular weight is 438 g/mol. The van der Waals surface area contributed by atoms with E-state index in [9.17, 15) is 4.79 Å². The molecule has 32 heavy (non-hydrogen) atoms. The molecule has 1 aromatic carbocycles. The van der Waals surface area contributed by atoms with Crippen LogP contribution in [0.15, 0.2) is 42.6 Å². The molecule has 4 rings (SSSR count). The molecule has 2 heterocycles. The minimum Gasteiger partial charge on any atom is -0.484 e. The highest BCUT2D eigenvalue weighted by Gasteiger charge is 2.30. The highest BCUT2D eigenvalue weighted by molar-refractivity contribution is 5.86. The Labute approximate surface area is 188 Å². The first-order valence-electron chi connectivity index (χ1n) is 11.0. The standard InChI is InChI=1S/C24H31N5O3/c1-15(2)29(23(30)32-24(3,4)5)22-27-26-21-13-10-16(14-28(21)22)31-20-12-11-19(25)17-8-6-7-9-18(17)20/h6-10,13-15,19-20H,11-12,25H2,1-5H3. The number of aromatic nitrogens is 3. The molecule has 8 nitrogen and oxygen atoms in total. The minimum absolute atomic E-state index is 0.0337. The van der Waals surface area contributed by atoms with Crippen molar-refractivity contribution >= 4 is 17.7 Å². The number of pyridine rings is 1. The molecule has 0 aliphatic heterocycles. The Balaban J connectivity index is 1.66. The minimum atomic E-state index is -0.617. The Morgan fingerprint density at radius 2 is 1.84 bits per heavy atom. The van der Waals surface area contributed by atoms with Crippen molar-refractivity contribution in [2.75, 3.05) is 4.90 Å². The molecule has 0 bridgehead atoms. The average Bonchev–Trinajstić information content (AvgIpc) is 3.12. The van der Waals surface area contributed by atoms with Crippen LogP contribution in [-0.4, -0.2) is 32.3 Å². The number of rotatable bonds is 4. The molecule has 0 radical (unpaired) electrons. The van der Waals surface area contributed by atoms with Gasteiger partial charge in [0.2, 0.25) is 5.95 Å². The number of carbonyl (C=O) groups excluding carboxylic acids is 1. The van der Waals surface area contributed by atoms with E-state index >= 15 is 0 Å². The number of nitrogens with two attached hydrogens (primary N) is 1. The van der Waals surface area contributed by atoms with Gasteiger partial charge in [-0.2, -0.15) is 0 Å². The molecule has 3 aromatic rings. The lowest BCUT2D eigenvalue weighted by molar-refractivity contribution is 0.0567. The summed E-state index contributed by atoms with van der Waals surface area (Å²) in [7, 11) is 0. The zero-order valence-electron chi connectivity index (χ0n) is 19.3. The lowest BCUT2D eigenvalue weighted by atomic mass is 9.86. The zero-order chi connectivity index (χ0) is 23.0. The summed E-state index contributed by atoms with van der Waals surface area (Å²) in [4.78, 5) is 14.4. The van der Waals surface area contributed by atoms with E-state index in [0.717, 1.165) is 24.0 Å². The lowest BCUT2D eigenvalue weighted by Gasteiger charge is -2.30. The Kier molecular flexibility index (Phi) is 5.81. The van der Waals surface area contributed by atoms with E-state index in [-0.39, 0.29) is 18.2 Å². The van der Waals surface area contributed by atoms with Crippen LogP contribution in [-0.2, 0) is 4.74 Å². The topological polar surface area (TPSA) is 95.0 Å². The van der Waals surface area contributed by atoms with Gasteiger partial charge in [-0.3, -0.25) is 4.40 Å². The van der Waals surface area contributed by atoms with Crippen molar-refractivity contribution in [2.24, 2.45) is 5.73 Å². The van der Waals surface area contributed by atoms with E-state index in [1.54, 1.807) is 4.40 Å². The van der Waals surface area contributed by atoms with Crippen LogP contribution in [0.5, 0.6) is 5.75 Å². The van der Waals surface area contributed by atoms with Crippen molar-refractivity contribution in [3.63, 3.8) is 0 Å². The molecular weight excluding hydrogens is 406 g/mol.